The van der Waals surface area contributed by atoms with Crippen LogP contribution in [0.3, 0.4) is 0 Å². The van der Waals surface area contributed by atoms with Crippen LogP contribution in [0.5, 0.6) is 0 Å². The second kappa shape index (κ2) is 11.3. The highest BCUT2D eigenvalue weighted by Crippen LogP contribution is 2.49. The van der Waals surface area contributed by atoms with Gasteiger partial charge in [-0.15, -0.1) is 0 Å². The van der Waals surface area contributed by atoms with Gasteiger partial charge in [-0.05, 0) is 132 Å². The van der Waals surface area contributed by atoms with E-state index in [9.17, 15) is 0 Å². The lowest BCUT2D eigenvalue weighted by Gasteiger charge is -2.22. The van der Waals surface area contributed by atoms with Gasteiger partial charge < -0.3 is 0 Å². The number of hydrogen-bond donors (Lipinski definition) is 0. The number of benzene rings is 11. The van der Waals surface area contributed by atoms with Gasteiger partial charge in [0.05, 0.1) is 0 Å². The van der Waals surface area contributed by atoms with Gasteiger partial charge in [0.25, 0.3) is 0 Å². The molecule has 0 fully saturated rings. The third kappa shape index (κ3) is 4.04. The van der Waals surface area contributed by atoms with Gasteiger partial charge >= 0.3 is 0 Å². The molecule has 0 radical (unpaired) electrons. The molecule has 0 N–H and O–H groups in total. The van der Waals surface area contributed by atoms with Crippen LogP contribution in [0, 0.1) is 0 Å². The Morgan fingerprint density at radius 3 is 0.962 bits per heavy atom. The Balaban J connectivity index is 1.25. The Labute approximate surface area is 303 Å². The molecule has 0 aliphatic carbocycles. The zero-order valence-corrected chi connectivity index (χ0v) is 29.7. The fourth-order valence-electron chi connectivity index (χ4n) is 9.84. The van der Waals surface area contributed by atoms with Crippen molar-refractivity contribution in [2.45, 2.75) is 39.5 Å². The molecular formula is C52H38. The molecule has 0 saturated heterocycles. The maximum Gasteiger partial charge on any atom is -0.00201 e. The molecule has 0 bridgehead atoms. The van der Waals surface area contributed by atoms with E-state index in [4.69, 9.17) is 0 Å². The van der Waals surface area contributed by atoms with Crippen LogP contribution >= 0.6 is 0 Å². The number of rotatable bonds is 6. The summed E-state index contributed by atoms with van der Waals surface area (Å²) in [7, 11) is 0. The van der Waals surface area contributed by atoms with E-state index >= 15 is 0 Å². The Kier molecular flexibility index (Phi) is 6.44. The van der Waals surface area contributed by atoms with E-state index in [0.29, 0.717) is 0 Å². The van der Waals surface area contributed by atoms with Crippen molar-refractivity contribution >= 4 is 86.2 Å². The summed E-state index contributed by atoms with van der Waals surface area (Å²) in [6.07, 6.45) is 4.48. The molecule has 52 heavy (non-hydrogen) atoms. The SMILES string of the molecule is CCCc1ccc2ccc3c(-c4c5ccccc5c(-c5ccc6ccc7c(CCC)ccc8ccc5c6c87)c5ccccc45)ccc4ccc1c2c43. The van der Waals surface area contributed by atoms with Crippen molar-refractivity contribution in [2.24, 2.45) is 0 Å². The lowest BCUT2D eigenvalue weighted by atomic mass is 9.81. The highest BCUT2D eigenvalue weighted by atomic mass is 14.2. The average Bonchev–Trinajstić information content (AvgIpc) is 3.19. The van der Waals surface area contributed by atoms with Crippen LogP contribution in [0.15, 0.2) is 146 Å². The minimum atomic E-state index is 1.10. The van der Waals surface area contributed by atoms with Crippen molar-refractivity contribution in [1.82, 2.24) is 0 Å². The Morgan fingerprint density at radius 1 is 0.288 bits per heavy atom. The number of fused-ring (bicyclic) bond motifs is 2. The molecule has 0 heteroatoms. The highest BCUT2D eigenvalue weighted by molar-refractivity contribution is 6.32. The van der Waals surface area contributed by atoms with Gasteiger partial charge in [0.1, 0.15) is 0 Å². The molecule has 0 nitrogen and oxygen atoms in total. The van der Waals surface area contributed by atoms with Crippen molar-refractivity contribution in [3.63, 3.8) is 0 Å². The van der Waals surface area contributed by atoms with Gasteiger partial charge in [-0.25, -0.2) is 0 Å². The number of hydrogen-bond acceptors (Lipinski definition) is 0. The minimum absolute atomic E-state index is 1.10. The first-order chi connectivity index (χ1) is 25.7. The maximum atomic E-state index is 2.38. The summed E-state index contributed by atoms with van der Waals surface area (Å²) in [5.41, 5.74) is 8.16. The third-order valence-electron chi connectivity index (χ3n) is 12.0. The van der Waals surface area contributed by atoms with Gasteiger partial charge in [-0.3, -0.25) is 0 Å². The zero-order chi connectivity index (χ0) is 34.5. The molecule has 0 unspecified atom stereocenters. The molecule has 11 rings (SSSR count). The van der Waals surface area contributed by atoms with Gasteiger partial charge in [-0.1, -0.05) is 172 Å². The van der Waals surface area contributed by atoms with Crippen LogP contribution in [-0.4, -0.2) is 0 Å². The maximum absolute atomic E-state index is 2.38. The smallest absolute Gasteiger partial charge is 0.00201 e. The molecule has 0 aromatic heterocycles. The molecule has 0 atom stereocenters. The van der Waals surface area contributed by atoms with Crippen LogP contribution in [-0.2, 0) is 12.8 Å². The lowest BCUT2D eigenvalue weighted by Crippen LogP contribution is -1.95. The van der Waals surface area contributed by atoms with E-state index in [1.165, 1.54) is 120 Å². The van der Waals surface area contributed by atoms with Crippen molar-refractivity contribution in [3.05, 3.63) is 157 Å². The first kappa shape index (κ1) is 29.7. The fourth-order valence-corrected chi connectivity index (χ4v) is 9.84. The normalized spacial score (nSPS) is 12.3. The first-order valence-electron chi connectivity index (χ1n) is 19.1. The van der Waals surface area contributed by atoms with E-state index in [1.807, 2.05) is 0 Å². The van der Waals surface area contributed by atoms with Gasteiger partial charge in [0.2, 0.25) is 0 Å². The van der Waals surface area contributed by atoms with Crippen molar-refractivity contribution in [1.29, 1.82) is 0 Å². The lowest BCUT2D eigenvalue weighted by molar-refractivity contribution is 0.930. The molecule has 0 spiro atoms. The number of aryl methyl sites for hydroxylation is 2. The second-order valence-electron chi connectivity index (χ2n) is 14.9. The van der Waals surface area contributed by atoms with E-state index in [2.05, 4.69) is 159 Å². The Hall–Kier alpha value is -5.98. The van der Waals surface area contributed by atoms with Crippen molar-refractivity contribution in [3.8, 4) is 22.3 Å². The van der Waals surface area contributed by atoms with E-state index in [0.717, 1.165) is 25.7 Å². The van der Waals surface area contributed by atoms with Gasteiger partial charge in [0.15, 0.2) is 0 Å². The molecule has 0 aliphatic rings. The summed E-state index contributed by atoms with van der Waals surface area (Å²) in [5.74, 6) is 0. The summed E-state index contributed by atoms with van der Waals surface area (Å²) in [4.78, 5) is 0. The van der Waals surface area contributed by atoms with E-state index in [-0.39, 0.29) is 0 Å². The molecule has 0 heterocycles. The summed E-state index contributed by atoms with van der Waals surface area (Å²) in [6.45, 7) is 4.56. The predicted molar refractivity (Wildman–Crippen MR) is 228 cm³/mol. The predicted octanol–water partition coefficient (Wildman–Crippen LogP) is 15.0. The Bertz CT molecular complexity index is 2920. The standard InChI is InChI=1S/C52H38/c1-3-9-31-15-17-33-21-27-43-45(29-23-35-19-25-37(31)47(33)49(35)43)51-39-11-5-7-13-41(39)52(42-14-8-6-12-40(42)51)46-30-24-36-20-26-38-32(10-4-2)16-18-34-22-28-44(46)50(36)48(34)38/h5-8,11-30H,3-4,9-10H2,1-2H3. The topological polar surface area (TPSA) is 0 Å². The van der Waals surface area contributed by atoms with Crippen molar-refractivity contribution < 1.29 is 0 Å². The van der Waals surface area contributed by atoms with Gasteiger partial charge in [0, 0.05) is 0 Å². The molecule has 0 amide bonds. The monoisotopic (exact) mass is 662 g/mol. The summed E-state index contributed by atoms with van der Waals surface area (Å²) < 4.78 is 0. The zero-order valence-electron chi connectivity index (χ0n) is 29.7. The molecule has 11 aromatic rings. The fraction of sp³-hybridized carbons (Fsp3) is 0.115. The van der Waals surface area contributed by atoms with Crippen LogP contribution in [0.2, 0.25) is 0 Å². The third-order valence-corrected chi connectivity index (χ3v) is 12.0. The second-order valence-corrected chi connectivity index (χ2v) is 14.9. The highest BCUT2D eigenvalue weighted by Gasteiger charge is 2.22. The largest absolute Gasteiger partial charge is 0.0651 e. The van der Waals surface area contributed by atoms with Crippen LogP contribution in [0.25, 0.3) is 108 Å². The van der Waals surface area contributed by atoms with Crippen LogP contribution < -0.4 is 0 Å². The Morgan fingerprint density at radius 2 is 0.596 bits per heavy atom. The molecular weight excluding hydrogens is 625 g/mol. The van der Waals surface area contributed by atoms with Crippen LogP contribution in [0.4, 0.5) is 0 Å². The van der Waals surface area contributed by atoms with Crippen LogP contribution in [0.1, 0.15) is 37.8 Å². The van der Waals surface area contributed by atoms with E-state index < -0.39 is 0 Å². The summed E-state index contributed by atoms with van der Waals surface area (Å²) in [5, 5.41) is 21.5. The molecule has 246 valence electrons. The van der Waals surface area contributed by atoms with Gasteiger partial charge in [-0.2, -0.15) is 0 Å². The molecule has 0 saturated carbocycles. The summed E-state index contributed by atoms with van der Waals surface area (Å²) in [6, 6.07) is 55.9. The molecule has 0 aliphatic heterocycles. The van der Waals surface area contributed by atoms with E-state index in [1.54, 1.807) is 0 Å². The summed E-state index contributed by atoms with van der Waals surface area (Å²) >= 11 is 0. The first-order valence-corrected chi connectivity index (χ1v) is 19.1. The quantitative estimate of drug-likeness (QED) is 0.123. The minimum Gasteiger partial charge on any atom is -0.0651 e. The molecule has 11 aromatic carbocycles. The van der Waals surface area contributed by atoms with Crippen molar-refractivity contribution in [2.75, 3.05) is 0 Å². The average molecular weight is 663 g/mol.